The molecule has 0 aromatic carbocycles. The molecule has 0 rings (SSSR count). The molecule has 0 aromatic heterocycles. The van der Waals surface area contributed by atoms with Crippen molar-refractivity contribution in [2.75, 3.05) is 5.75 Å². The van der Waals surface area contributed by atoms with Crippen molar-refractivity contribution in [1.82, 2.24) is 0 Å². The average Bonchev–Trinajstić information content (AvgIpc) is 1.85. The molecule has 4 nitrogen and oxygen atoms in total. The normalized spacial score (nSPS) is 10.0. The summed E-state index contributed by atoms with van der Waals surface area (Å²) in [5, 5.41) is 0. The zero-order valence-corrected chi connectivity index (χ0v) is 11.2. The van der Waals surface area contributed by atoms with Crippen LogP contribution in [0.4, 0.5) is 0 Å². The van der Waals surface area contributed by atoms with Crippen LogP contribution in [-0.4, -0.2) is 24.2 Å². The molecule has 0 heterocycles. The zero-order valence-electron chi connectivity index (χ0n) is 8.38. The molecule has 0 aliphatic carbocycles. The minimum atomic E-state index is -3.96. The Balaban J connectivity index is -0.000000500. The monoisotopic (exact) mass is 220 g/mol. The molecular formula is C7H17NaO4S. The molecule has 0 aliphatic rings. The van der Waals surface area contributed by atoms with Crippen molar-refractivity contribution < 1.29 is 48.0 Å². The van der Waals surface area contributed by atoms with Crippen molar-refractivity contribution in [2.24, 2.45) is 0 Å². The Hall–Kier alpha value is 0.870. The minimum absolute atomic E-state index is 0. The number of rotatable bonds is 6. The van der Waals surface area contributed by atoms with E-state index in [0.29, 0.717) is 6.42 Å². The van der Waals surface area contributed by atoms with Gasteiger partial charge in [0, 0.05) is 5.75 Å². The van der Waals surface area contributed by atoms with Crippen LogP contribution in [0.3, 0.4) is 0 Å². The molecule has 0 unspecified atom stereocenters. The largest absolute Gasteiger partial charge is 1.00 e. The first-order chi connectivity index (χ1) is 5.06. The van der Waals surface area contributed by atoms with Gasteiger partial charge in [0.2, 0.25) is 0 Å². The van der Waals surface area contributed by atoms with Crippen molar-refractivity contribution in [1.29, 1.82) is 0 Å². The summed E-state index contributed by atoms with van der Waals surface area (Å²) in [6, 6.07) is 0. The van der Waals surface area contributed by atoms with E-state index in [2.05, 4.69) is 6.92 Å². The fraction of sp³-hybridized carbons (Fsp3) is 1.00. The second-order valence-electron chi connectivity index (χ2n) is 2.68. The Bertz CT molecular complexity index is 179. The summed E-state index contributed by atoms with van der Waals surface area (Å²) in [6.07, 6.45) is 4.66. The van der Waals surface area contributed by atoms with Crippen LogP contribution in [0.5, 0.6) is 0 Å². The van der Waals surface area contributed by atoms with E-state index < -0.39 is 10.1 Å². The van der Waals surface area contributed by atoms with E-state index in [1.54, 1.807) is 0 Å². The van der Waals surface area contributed by atoms with Gasteiger partial charge in [-0.05, 0) is 6.42 Å². The Morgan fingerprint density at radius 2 is 1.54 bits per heavy atom. The summed E-state index contributed by atoms with van der Waals surface area (Å²) in [6.45, 7) is 2.09. The molecule has 0 fully saturated rings. The van der Waals surface area contributed by atoms with Crippen LogP contribution in [0.15, 0.2) is 0 Å². The molecule has 0 aromatic rings. The van der Waals surface area contributed by atoms with Gasteiger partial charge in [-0.25, -0.2) is 8.42 Å². The van der Waals surface area contributed by atoms with Crippen molar-refractivity contribution in [2.45, 2.75) is 39.0 Å². The molecule has 0 atom stereocenters. The number of hydrogen-bond acceptors (Lipinski definition) is 3. The van der Waals surface area contributed by atoms with E-state index in [0.717, 1.165) is 25.7 Å². The summed E-state index contributed by atoms with van der Waals surface area (Å²) in [5.74, 6) is -0.198. The van der Waals surface area contributed by atoms with Gasteiger partial charge in [-0.3, -0.25) is 0 Å². The maximum absolute atomic E-state index is 10.1. The Morgan fingerprint density at radius 1 is 1.08 bits per heavy atom. The molecule has 2 N–H and O–H groups in total. The van der Waals surface area contributed by atoms with Gasteiger partial charge in [0.1, 0.15) is 0 Å². The van der Waals surface area contributed by atoms with Crippen LogP contribution < -0.4 is 29.6 Å². The summed E-state index contributed by atoms with van der Waals surface area (Å²) in [7, 11) is -3.96. The molecule has 0 amide bonds. The maximum Gasteiger partial charge on any atom is 1.00 e. The molecule has 0 aliphatic heterocycles. The second kappa shape index (κ2) is 10.9. The molecular weight excluding hydrogens is 203 g/mol. The van der Waals surface area contributed by atoms with Gasteiger partial charge in [0.15, 0.2) is 0 Å². The maximum atomic E-state index is 10.1. The van der Waals surface area contributed by atoms with Gasteiger partial charge in [-0.15, -0.1) is 0 Å². The van der Waals surface area contributed by atoms with E-state index in [1.165, 1.54) is 0 Å². The second-order valence-corrected chi connectivity index (χ2v) is 4.20. The first-order valence-electron chi connectivity index (χ1n) is 4.00. The first-order valence-corrected chi connectivity index (χ1v) is 5.57. The SMILES string of the molecule is CCCCCCCS(=O)(=O)[O-].O.[Na+]. The number of unbranched alkanes of at least 4 members (excludes halogenated alkanes) is 4. The predicted molar refractivity (Wildman–Crippen MR) is 46.9 cm³/mol. The van der Waals surface area contributed by atoms with Crippen LogP contribution in [0.2, 0.25) is 0 Å². The van der Waals surface area contributed by atoms with Crippen molar-refractivity contribution in [3.8, 4) is 0 Å². The smallest absolute Gasteiger partial charge is 0.748 e. The fourth-order valence-corrected chi connectivity index (χ4v) is 1.44. The molecule has 0 saturated heterocycles. The third-order valence-corrected chi connectivity index (χ3v) is 2.29. The fourth-order valence-electron chi connectivity index (χ4n) is 0.882. The molecule has 0 radical (unpaired) electrons. The van der Waals surface area contributed by atoms with Gasteiger partial charge < -0.3 is 10.0 Å². The Kier molecular flexibility index (Phi) is 16.4. The molecule has 6 heteroatoms. The Morgan fingerprint density at radius 3 is 1.92 bits per heavy atom. The van der Waals surface area contributed by atoms with E-state index in [1.807, 2.05) is 0 Å². The number of hydrogen-bond donors (Lipinski definition) is 0. The van der Waals surface area contributed by atoms with E-state index in [-0.39, 0.29) is 40.8 Å². The Labute approximate surface area is 102 Å². The molecule has 0 saturated carbocycles. The van der Waals surface area contributed by atoms with Gasteiger partial charge in [-0.2, -0.15) is 0 Å². The van der Waals surface area contributed by atoms with E-state index in [9.17, 15) is 13.0 Å². The molecule has 13 heavy (non-hydrogen) atoms. The van der Waals surface area contributed by atoms with Crippen molar-refractivity contribution >= 4 is 10.1 Å². The standard InChI is InChI=1S/C7H16O3S.Na.H2O/c1-2-3-4-5-6-7-11(8,9)10;;/h2-7H2,1H3,(H,8,9,10);;1H2/q;+1;/p-1. The summed E-state index contributed by atoms with van der Waals surface area (Å²) >= 11 is 0. The van der Waals surface area contributed by atoms with Crippen LogP contribution in [-0.2, 0) is 10.1 Å². The van der Waals surface area contributed by atoms with Crippen molar-refractivity contribution in [3.63, 3.8) is 0 Å². The van der Waals surface area contributed by atoms with Crippen LogP contribution in [0.1, 0.15) is 39.0 Å². The van der Waals surface area contributed by atoms with Crippen LogP contribution in [0, 0.1) is 0 Å². The molecule has 0 bridgehead atoms. The van der Waals surface area contributed by atoms with Crippen LogP contribution >= 0.6 is 0 Å². The third kappa shape index (κ3) is 19.3. The zero-order chi connectivity index (χ0) is 8.74. The third-order valence-electron chi connectivity index (χ3n) is 1.50. The van der Waals surface area contributed by atoms with E-state index >= 15 is 0 Å². The summed E-state index contributed by atoms with van der Waals surface area (Å²) in [5.41, 5.74) is 0. The van der Waals surface area contributed by atoms with Gasteiger partial charge in [0.05, 0.1) is 10.1 Å². The average molecular weight is 220 g/mol. The van der Waals surface area contributed by atoms with Crippen molar-refractivity contribution in [3.05, 3.63) is 0 Å². The van der Waals surface area contributed by atoms with Gasteiger partial charge >= 0.3 is 29.6 Å². The van der Waals surface area contributed by atoms with E-state index in [4.69, 9.17) is 0 Å². The summed E-state index contributed by atoms with van der Waals surface area (Å²) < 4.78 is 30.3. The quantitative estimate of drug-likeness (QED) is 0.286. The van der Waals surface area contributed by atoms with Gasteiger partial charge in [-0.1, -0.05) is 32.6 Å². The predicted octanol–water partition coefficient (Wildman–Crippen LogP) is -2.32. The topological polar surface area (TPSA) is 88.7 Å². The van der Waals surface area contributed by atoms with Crippen LogP contribution in [0.25, 0.3) is 0 Å². The minimum Gasteiger partial charge on any atom is -0.748 e. The summed E-state index contributed by atoms with van der Waals surface area (Å²) in [4.78, 5) is 0. The molecule has 76 valence electrons. The van der Waals surface area contributed by atoms with Gasteiger partial charge in [0.25, 0.3) is 0 Å². The first kappa shape index (κ1) is 19.4. The molecule has 0 spiro atoms.